The largest absolute Gasteiger partial charge is 0.328 e. The molecule has 104 valence electrons. The van der Waals surface area contributed by atoms with Crippen LogP contribution in [0.5, 0.6) is 0 Å². The first-order valence-electron chi connectivity index (χ1n) is 6.18. The molecule has 2 N–H and O–H groups in total. The third-order valence-electron chi connectivity index (χ3n) is 2.79. The highest BCUT2D eigenvalue weighted by atomic mass is 35.5. The SMILES string of the molecule is CC[NH+](CC)CC(=O)N/N=C\c1c(F)cccc1Cl. The number of rotatable bonds is 6. The maximum absolute atomic E-state index is 13.4. The van der Waals surface area contributed by atoms with Gasteiger partial charge in [-0.25, -0.2) is 9.82 Å². The molecule has 19 heavy (non-hydrogen) atoms. The first-order chi connectivity index (χ1) is 9.08. The predicted octanol–water partition coefficient (Wildman–Crippen LogP) is 0.854. The molecule has 1 aromatic rings. The fourth-order valence-corrected chi connectivity index (χ4v) is 1.78. The van der Waals surface area contributed by atoms with Gasteiger partial charge in [0.25, 0.3) is 5.91 Å². The zero-order valence-corrected chi connectivity index (χ0v) is 11.8. The predicted molar refractivity (Wildman–Crippen MR) is 74.1 cm³/mol. The van der Waals surface area contributed by atoms with E-state index < -0.39 is 5.82 Å². The summed E-state index contributed by atoms with van der Waals surface area (Å²) in [6.07, 6.45) is 1.22. The van der Waals surface area contributed by atoms with Crippen molar-refractivity contribution in [2.45, 2.75) is 13.8 Å². The zero-order valence-electron chi connectivity index (χ0n) is 11.0. The van der Waals surface area contributed by atoms with E-state index in [1.165, 1.54) is 18.3 Å². The molecule has 0 aliphatic rings. The van der Waals surface area contributed by atoms with Gasteiger partial charge in [-0.15, -0.1) is 0 Å². The first kappa shape index (κ1) is 15.6. The van der Waals surface area contributed by atoms with Crippen molar-refractivity contribution in [1.29, 1.82) is 0 Å². The van der Waals surface area contributed by atoms with E-state index in [0.717, 1.165) is 18.0 Å². The van der Waals surface area contributed by atoms with Gasteiger partial charge in [-0.1, -0.05) is 17.7 Å². The van der Waals surface area contributed by atoms with Gasteiger partial charge in [0.1, 0.15) is 5.82 Å². The molecule has 0 bridgehead atoms. The van der Waals surface area contributed by atoms with Gasteiger partial charge in [0.2, 0.25) is 0 Å². The van der Waals surface area contributed by atoms with Crippen LogP contribution < -0.4 is 10.3 Å². The summed E-state index contributed by atoms with van der Waals surface area (Å²) in [6.45, 7) is 6.10. The average Bonchev–Trinajstić information content (AvgIpc) is 2.39. The molecule has 0 saturated heterocycles. The van der Waals surface area contributed by atoms with Gasteiger partial charge in [0.05, 0.1) is 24.3 Å². The van der Waals surface area contributed by atoms with Crippen molar-refractivity contribution in [2.24, 2.45) is 5.10 Å². The van der Waals surface area contributed by atoms with Gasteiger partial charge in [-0.2, -0.15) is 5.10 Å². The van der Waals surface area contributed by atoms with Crippen LogP contribution >= 0.6 is 11.6 Å². The first-order valence-corrected chi connectivity index (χ1v) is 6.55. The number of halogens is 2. The van der Waals surface area contributed by atoms with E-state index in [1.807, 2.05) is 13.8 Å². The van der Waals surface area contributed by atoms with Gasteiger partial charge in [0.15, 0.2) is 6.54 Å². The zero-order chi connectivity index (χ0) is 14.3. The number of benzene rings is 1. The number of nitrogens with zero attached hydrogens (tertiary/aromatic N) is 1. The summed E-state index contributed by atoms with van der Waals surface area (Å²) in [5, 5.41) is 3.98. The van der Waals surface area contributed by atoms with Crippen LogP contribution in [0.4, 0.5) is 4.39 Å². The molecule has 1 rings (SSSR count). The Bertz CT molecular complexity index is 441. The lowest BCUT2D eigenvalue weighted by Crippen LogP contribution is -3.12. The van der Waals surface area contributed by atoms with E-state index >= 15 is 0 Å². The van der Waals surface area contributed by atoms with Crippen LogP contribution in [0.2, 0.25) is 5.02 Å². The Balaban J connectivity index is 2.56. The lowest BCUT2D eigenvalue weighted by molar-refractivity contribution is -0.888. The summed E-state index contributed by atoms with van der Waals surface area (Å²) in [7, 11) is 0. The molecule has 0 atom stereocenters. The minimum absolute atomic E-state index is 0.166. The molecule has 0 heterocycles. The molecule has 0 radical (unpaired) electrons. The molecule has 0 aromatic heterocycles. The van der Waals surface area contributed by atoms with Gasteiger partial charge < -0.3 is 4.90 Å². The fourth-order valence-electron chi connectivity index (χ4n) is 1.57. The van der Waals surface area contributed by atoms with E-state index in [9.17, 15) is 9.18 Å². The Morgan fingerprint density at radius 1 is 1.47 bits per heavy atom. The van der Waals surface area contributed by atoms with Crippen LogP contribution in [0, 0.1) is 5.82 Å². The van der Waals surface area contributed by atoms with E-state index in [4.69, 9.17) is 11.6 Å². The number of likely N-dealkylation sites (N-methyl/N-ethyl adjacent to an activating group) is 1. The van der Waals surface area contributed by atoms with Crippen LogP contribution in [0.3, 0.4) is 0 Å². The van der Waals surface area contributed by atoms with Crippen molar-refractivity contribution >= 4 is 23.7 Å². The summed E-state index contributed by atoms with van der Waals surface area (Å²) in [4.78, 5) is 12.7. The summed E-state index contributed by atoms with van der Waals surface area (Å²) in [6, 6.07) is 4.36. The quantitative estimate of drug-likeness (QED) is 0.591. The molecular weight excluding hydrogens is 269 g/mol. The van der Waals surface area contributed by atoms with Crippen LogP contribution in [-0.2, 0) is 4.79 Å². The number of nitrogens with one attached hydrogen (secondary N) is 2. The highest BCUT2D eigenvalue weighted by molar-refractivity contribution is 6.33. The van der Waals surface area contributed by atoms with Crippen LogP contribution in [0.25, 0.3) is 0 Å². The number of amides is 1. The average molecular weight is 287 g/mol. The van der Waals surface area contributed by atoms with Crippen LogP contribution in [0.15, 0.2) is 23.3 Å². The Morgan fingerprint density at radius 2 is 2.16 bits per heavy atom. The maximum atomic E-state index is 13.4. The van der Waals surface area contributed by atoms with Gasteiger partial charge in [-0.3, -0.25) is 4.79 Å². The molecule has 0 aliphatic carbocycles. The number of quaternary nitrogens is 1. The number of hydrogen-bond acceptors (Lipinski definition) is 2. The summed E-state index contributed by atoms with van der Waals surface area (Å²) in [5.41, 5.74) is 2.54. The molecule has 6 heteroatoms. The maximum Gasteiger partial charge on any atom is 0.295 e. The lowest BCUT2D eigenvalue weighted by atomic mass is 10.2. The van der Waals surface area contributed by atoms with E-state index in [2.05, 4.69) is 10.5 Å². The Hall–Kier alpha value is -1.46. The third-order valence-corrected chi connectivity index (χ3v) is 3.12. The van der Waals surface area contributed by atoms with E-state index in [-0.39, 0.29) is 16.5 Å². The molecule has 1 amide bonds. The second-order valence-electron chi connectivity index (χ2n) is 4.06. The van der Waals surface area contributed by atoms with Gasteiger partial charge in [0, 0.05) is 5.56 Å². The fraction of sp³-hybridized carbons (Fsp3) is 0.385. The van der Waals surface area contributed by atoms with Crippen molar-refractivity contribution in [3.05, 3.63) is 34.6 Å². The second-order valence-corrected chi connectivity index (χ2v) is 4.47. The number of hydrazone groups is 1. The molecule has 0 saturated carbocycles. The Morgan fingerprint density at radius 3 is 2.74 bits per heavy atom. The van der Waals surface area contributed by atoms with Crippen molar-refractivity contribution in [3.8, 4) is 0 Å². The topological polar surface area (TPSA) is 45.9 Å². The molecule has 0 fully saturated rings. The molecule has 0 spiro atoms. The highest BCUT2D eigenvalue weighted by Gasteiger charge is 2.09. The summed E-state index contributed by atoms with van der Waals surface area (Å²) in [5.74, 6) is -0.678. The van der Waals surface area contributed by atoms with Crippen LogP contribution in [0.1, 0.15) is 19.4 Å². The number of carbonyl (C=O) groups is 1. The molecule has 4 nitrogen and oxygen atoms in total. The molecular formula is C13H18ClFN3O+. The van der Waals surface area contributed by atoms with Gasteiger partial charge in [-0.05, 0) is 26.0 Å². The molecule has 0 aliphatic heterocycles. The van der Waals surface area contributed by atoms with E-state index in [1.54, 1.807) is 6.07 Å². The third kappa shape index (κ3) is 4.96. The monoisotopic (exact) mass is 286 g/mol. The van der Waals surface area contributed by atoms with Crippen molar-refractivity contribution < 1.29 is 14.1 Å². The molecule has 1 aromatic carbocycles. The van der Waals surface area contributed by atoms with Crippen LogP contribution in [-0.4, -0.2) is 31.8 Å². The lowest BCUT2D eigenvalue weighted by Gasteiger charge is -2.13. The normalized spacial score (nSPS) is 11.2. The minimum Gasteiger partial charge on any atom is -0.328 e. The second kappa shape index (κ2) is 7.86. The van der Waals surface area contributed by atoms with Crippen molar-refractivity contribution in [3.63, 3.8) is 0 Å². The van der Waals surface area contributed by atoms with Crippen molar-refractivity contribution in [2.75, 3.05) is 19.6 Å². The summed E-state index contributed by atoms with van der Waals surface area (Å²) >= 11 is 5.83. The standard InChI is InChI=1S/C13H17ClFN3O/c1-3-18(4-2)9-13(19)17-16-8-10-11(14)6-5-7-12(10)15/h5-8H,3-4,9H2,1-2H3,(H,17,19)/p+1/b16-8-. The summed E-state index contributed by atoms with van der Waals surface area (Å²) < 4.78 is 13.4. The molecule has 0 unspecified atom stereocenters. The Kier molecular flexibility index (Phi) is 6.45. The van der Waals surface area contributed by atoms with Gasteiger partial charge >= 0.3 is 0 Å². The highest BCUT2D eigenvalue weighted by Crippen LogP contribution is 2.16. The number of hydrogen-bond donors (Lipinski definition) is 2. The van der Waals surface area contributed by atoms with E-state index in [0.29, 0.717) is 6.54 Å². The minimum atomic E-state index is -0.472. The Labute approximate surface area is 117 Å². The number of carbonyl (C=O) groups excluding carboxylic acids is 1. The smallest absolute Gasteiger partial charge is 0.295 e. The van der Waals surface area contributed by atoms with Crippen molar-refractivity contribution in [1.82, 2.24) is 5.43 Å².